The van der Waals surface area contributed by atoms with E-state index in [0.29, 0.717) is 24.5 Å². The first-order chi connectivity index (χ1) is 6.24. The average Bonchev–Trinajstić information content (AvgIpc) is 2.19. The van der Waals surface area contributed by atoms with Gasteiger partial charge in [0.05, 0.1) is 0 Å². The molecule has 0 N–H and O–H groups in total. The molecule has 0 radical (unpaired) electrons. The second kappa shape index (κ2) is 4.80. The van der Waals surface area contributed by atoms with Crippen LogP contribution in [0.3, 0.4) is 0 Å². The van der Waals surface area contributed by atoms with E-state index in [1.807, 2.05) is 25.1 Å². The number of hydrogen-bond donors (Lipinski definition) is 0. The van der Waals surface area contributed by atoms with Gasteiger partial charge in [-0.2, -0.15) is 0 Å². The minimum Gasteiger partial charge on any atom is -0.300 e. The Morgan fingerprint density at radius 2 is 1.92 bits per heavy atom. The number of Topliss-reactive ketones (excluding diaryl/α,β-unsaturated/α-hetero) is 1. The van der Waals surface area contributed by atoms with Gasteiger partial charge in [-0.15, -0.1) is 0 Å². The molecule has 0 aliphatic rings. The molecule has 0 aliphatic carbocycles. The third kappa shape index (κ3) is 3.02. The van der Waals surface area contributed by atoms with Crippen LogP contribution in [0.25, 0.3) is 0 Å². The van der Waals surface area contributed by atoms with Crippen LogP contribution in [-0.4, -0.2) is 5.78 Å². The first-order valence-corrected chi connectivity index (χ1v) is 4.80. The highest BCUT2D eigenvalue weighted by atomic mass is 16.1. The summed E-state index contributed by atoms with van der Waals surface area (Å²) in [4.78, 5) is 11.2. The minimum absolute atomic E-state index is 0.344. The number of carbonyl (C=O) groups is 1. The maximum absolute atomic E-state index is 11.2. The van der Waals surface area contributed by atoms with Crippen molar-refractivity contribution in [3.63, 3.8) is 0 Å². The van der Waals surface area contributed by atoms with E-state index in [0.717, 1.165) is 0 Å². The lowest BCUT2D eigenvalue weighted by atomic mass is 9.95. The zero-order valence-electron chi connectivity index (χ0n) is 8.29. The number of hydrogen-bond acceptors (Lipinski definition) is 1. The molecule has 0 aromatic heterocycles. The van der Waals surface area contributed by atoms with Crippen molar-refractivity contribution in [1.29, 1.82) is 0 Å². The second-order valence-corrected chi connectivity index (χ2v) is 3.41. The van der Waals surface area contributed by atoms with Crippen LogP contribution in [-0.2, 0) is 4.79 Å². The molecular formula is C12H16O. The molecule has 0 fully saturated rings. The van der Waals surface area contributed by atoms with Crippen molar-refractivity contribution in [3.05, 3.63) is 35.9 Å². The third-order valence-electron chi connectivity index (χ3n) is 2.30. The SMILES string of the molecule is CCC(=O)CC(C)c1ccccc1. The monoisotopic (exact) mass is 176 g/mol. The number of ketones is 1. The van der Waals surface area contributed by atoms with Crippen LogP contribution in [0.5, 0.6) is 0 Å². The Hall–Kier alpha value is -1.11. The van der Waals surface area contributed by atoms with E-state index in [1.165, 1.54) is 5.56 Å². The van der Waals surface area contributed by atoms with E-state index in [2.05, 4.69) is 19.1 Å². The Balaban J connectivity index is 2.59. The molecule has 1 aromatic rings. The lowest BCUT2D eigenvalue weighted by Crippen LogP contribution is -2.02. The first-order valence-electron chi connectivity index (χ1n) is 4.80. The van der Waals surface area contributed by atoms with Gasteiger partial charge in [-0.25, -0.2) is 0 Å². The van der Waals surface area contributed by atoms with E-state index >= 15 is 0 Å². The van der Waals surface area contributed by atoms with Crippen LogP contribution in [0, 0.1) is 0 Å². The van der Waals surface area contributed by atoms with E-state index in [9.17, 15) is 4.79 Å². The van der Waals surface area contributed by atoms with Crippen molar-refractivity contribution >= 4 is 5.78 Å². The Morgan fingerprint density at radius 1 is 1.31 bits per heavy atom. The minimum atomic E-state index is 0.344. The predicted molar refractivity (Wildman–Crippen MR) is 54.8 cm³/mol. The quantitative estimate of drug-likeness (QED) is 0.688. The van der Waals surface area contributed by atoms with E-state index in [-0.39, 0.29) is 0 Å². The molecule has 0 saturated carbocycles. The molecule has 0 bridgehead atoms. The summed E-state index contributed by atoms with van der Waals surface area (Å²) >= 11 is 0. The Kier molecular flexibility index (Phi) is 3.69. The van der Waals surface area contributed by atoms with E-state index in [1.54, 1.807) is 0 Å². The van der Waals surface area contributed by atoms with Crippen molar-refractivity contribution in [2.45, 2.75) is 32.6 Å². The Morgan fingerprint density at radius 3 is 2.46 bits per heavy atom. The molecule has 1 atom stereocenters. The summed E-state index contributed by atoms with van der Waals surface area (Å²) in [5.41, 5.74) is 1.25. The topological polar surface area (TPSA) is 17.1 Å². The molecule has 1 heteroatoms. The van der Waals surface area contributed by atoms with Crippen molar-refractivity contribution in [2.24, 2.45) is 0 Å². The lowest BCUT2D eigenvalue weighted by Gasteiger charge is -2.09. The largest absolute Gasteiger partial charge is 0.300 e. The van der Waals surface area contributed by atoms with Crippen molar-refractivity contribution < 1.29 is 4.79 Å². The zero-order chi connectivity index (χ0) is 9.68. The lowest BCUT2D eigenvalue weighted by molar-refractivity contribution is -0.119. The summed E-state index contributed by atoms with van der Waals surface area (Å²) in [7, 11) is 0. The molecule has 0 saturated heterocycles. The highest BCUT2D eigenvalue weighted by Crippen LogP contribution is 2.18. The molecule has 0 aliphatic heterocycles. The highest BCUT2D eigenvalue weighted by molar-refractivity contribution is 5.78. The summed E-state index contributed by atoms with van der Waals surface area (Å²) in [5.74, 6) is 0.699. The van der Waals surface area contributed by atoms with Gasteiger partial charge in [0, 0.05) is 12.8 Å². The summed E-state index contributed by atoms with van der Waals surface area (Å²) in [6, 6.07) is 10.2. The fraction of sp³-hybridized carbons (Fsp3) is 0.417. The highest BCUT2D eigenvalue weighted by Gasteiger charge is 2.08. The van der Waals surface area contributed by atoms with Gasteiger partial charge in [0.2, 0.25) is 0 Å². The van der Waals surface area contributed by atoms with Crippen molar-refractivity contribution in [2.75, 3.05) is 0 Å². The van der Waals surface area contributed by atoms with Crippen LogP contribution in [0.1, 0.15) is 38.2 Å². The summed E-state index contributed by atoms with van der Waals surface area (Å²) in [6.45, 7) is 4.02. The third-order valence-corrected chi connectivity index (χ3v) is 2.30. The first kappa shape index (κ1) is 9.97. The van der Waals surface area contributed by atoms with Crippen LogP contribution in [0.15, 0.2) is 30.3 Å². The van der Waals surface area contributed by atoms with Gasteiger partial charge < -0.3 is 0 Å². The molecule has 13 heavy (non-hydrogen) atoms. The molecule has 1 nitrogen and oxygen atoms in total. The van der Waals surface area contributed by atoms with Crippen LogP contribution >= 0.6 is 0 Å². The maximum atomic E-state index is 11.2. The second-order valence-electron chi connectivity index (χ2n) is 3.41. The Labute approximate surface area is 79.8 Å². The van der Waals surface area contributed by atoms with Gasteiger partial charge in [-0.3, -0.25) is 4.79 Å². The van der Waals surface area contributed by atoms with Gasteiger partial charge >= 0.3 is 0 Å². The average molecular weight is 176 g/mol. The van der Waals surface area contributed by atoms with Gasteiger partial charge in [0.15, 0.2) is 0 Å². The zero-order valence-corrected chi connectivity index (χ0v) is 8.29. The van der Waals surface area contributed by atoms with Gasteiger partial charge in [0.25, 0.3) is 0 Å². The Bertz CT molecular complexity index is 264. The van der Waals surface area contributed by atoms with Crippen molar-refractivity contribution in [1.82, 2.24) is 0 Å². The standard InChI is InChI=1S/C12H16O/c1-3-12(13)9-10(2)11-7-5-4-6-8-11/h4-8,10H,3,9H2,1-2H3. The molecular weight excluding hydrogens is 160 g/mol. The fourth-order valence-electron chi connectivity index (χ4n) is 1.39. The van der Waals surface area contributed by atoms with Crippen LogP contribution in [0.4, 0.5) is 0 Å². The molecule has 0 spiro atoms. The number of carbonyl (C=O) groups excluding carboxylic acids is 1. The predicted octanol–water partition coefficient (Wildman–Crippen LogP) is 3.16. The van der Waals surface area contributed by atoms with Gasteiger partial charge in [0.1, 0.15) is 5.78 Å². The van der Waals surface area contributed by atoms with E-state index < -0.39 is 0 Å². The summed E-state index contributed by atoms with van der Waals surface area (Å²) < 4.78 is 0. The molecule has 70 valence electrons. The smallest absolute Gasteiger partial charge is 0.133 e. The maximum Gasteiger partial charge on any atom is 0.133 e. The summed E-state index contributed by atoms with van der Waals surface area (Å²) in [5, 5.41) is 0. The van der Waals surface area contributed by atoms with Crippen molar-refractivity contribution in [3.8, 4) is 0 Å². The molecule has 0 heterocycles. The van der Waals surface area contributed by atoms with E-state index in [4.69, 9.17) is 0 Å². The number of benzene rings is 1. The molecule has 1 unspecified atom stereocenters. The molecule has 1 aromatic carbocycles. The molecule has 0 amide bonds. The van der Waals surface area contributed by atoms with Crippen LogP contribution < -0.4 is 0 Å². The summed E-state index contributed by atoms with van der Waals surface area (Å²) in [6.07, 6.45) is 1.32. The fourth-order valence-corrected chi connectivity index (χ4v) is 1.39. The van der Waals surface area contributed by atoms with Gasteiger partial charge in [-0.05, 0) is 11.5 Å². The molecule has 1 rings (SSSR count). The van der Waals surface area contributed by atoms with Crippen LogP contribution in [0.2, 0.25) is 0 Å². The number of rotatable bonds is 4. The normalized spacial score (nSPS) is 12.5. The van der Waals surface area contributed by atoms with Gasteiger partial charge in [-0.1, -0.05) is 44.2 Å².